The summed E-state index contributed by atoms with van der Waals surface area (Å²) >= 11 is 0. The number of fused-ring (bicyclic) bond motifs is 7. The summed E-state index contributed by atoms with van der Waals surface area (Å²) in [5.41, 5.74) is 3.99. The molecule has 1 N–H and O–H groups in total. The quantitative estimate of drug-likeness (QED) is 0.315. The monoisotopic (exact) mass is 557 g/mol. The smallest absolute Gasteiger partial charge is 0.312 e. The maximum absolute atomic E-state index is 13.2. The van der Waals surface area contributed by atoms with Crippen LogP contribution in [0.5, 0.6) is 5.75 Å². The molecular weight excluding hydrogens is 514 g/mol. The Labute approximate surface area is 240 Å². The molecule has 212 valence electrons. The third kappa shape index (κ3) is 4.23. The zero-order valence-corrected chi connectivity index (χ0v) is 25.7. The van der Waals surface area contributed by atoms with Crippen molar-refractivity contribution < 1.29 is 19.1 Å². The Kier molecular flexibility index (Phi) is 6.51. The molecule has 0 spiro atoms. The Hall–Kier alpha value is -2.62. The lowest BCUT2D eigenvalue weighted by molar-refractivity contribution is -0.153. The third-order valence-electron chi connectivity index (χ3n) is 11.6. The second kappa shape index (κ2) is 9.46. The fourth-order valence-corrected chi connectivity index (χ4v) is 9.44. The normalized spacial score (nSPS) is 33.6. The van der Waals surface area contributed by atoms with Gasteiger partial charge in [-0.2, -0.15) is 5.26 Å². The van der Waals surface area contributed by atoms with E-state index in [1.807, 2.05) is 6.07 Å². The lowest BCUT2D eigenvalue weighted by atomic mass is 9.55. The molecule has 1 aliphatic heterocycles. The molecule has 0 bridgehead atoms. The standard InChI is InChI=1S/C34H43NO4Si/c1-33(2,3)40(5,6)39-23-11-13-24-21(17-23)10-12-26-25(24)14-15-34(4)28(26)18-27-29(32(37)38-31(27)34)30(36)22-9-7-8-20(16-22)19-35/h7-9,11,13,16-17,25-31,36H,10,12,14-15,18H2,1-6H3/t25-,26-,27-,28+,29+,30?,31+,34+/m1/s1. The van der Waals surface area contributed by atoms with Crippen molar-refractivity contribution in [1.29, 1.82) is 5.26 Å². The molecule has 1 unspecified atom stereocenters. The molecule has 6 heteroatoms. The third-order valence-corrected chi connectivity index (χ3v) is 15.9. The van der Waals surface area contributed by atoms with Crippen LogP contribution >= 0.6 is 0 Å². The lowest BCUT2D eigenvalue weighted by Crippen LogP contribution is -2.45. The van der Waals surface area contributed by atoms with Gasteiger partial charge in [-0.05, 0) is 109 Å². The average molecular weight is 558 g/mol. The number of aliphatic hydroxyl groups is 1. The van der Waals surface area contributed by atoms with E-state index in [2.05, 4.69) is 65.1 Å². The molecule has 3 aliphatic carbocycles. The Bertz CT molecular complexity index is 1370. The Balaban J connectivity index is 1.24. The van der Waals surface area contributed by atoms with Gasteiger partial charge in [0.2, 0.25) is 8.32 Å². The van der Waals surface area contributed by atoms with E-state index in [1.165, 1.54) is 11.1 Å². The second-order valence-electron chi connectivity index (χ2n) is 14.6. The van der Waals surface area contributed by atoms with Gasteiger partial charge < -0.3 is 14.3 Å². The fourth-order valence-electron chi connectivity index (χ4n) is 8.42. The number of rotatable bonds is 4. The van der Waals surface area contributed by atoms with Crippen LogP contribution in [-0.4, -0.2) is 25.5 Å². The maximum atomic E-state index is 13.2. The van der Waals surface area contributed by atoms with E-state index in [1.54, 1.807) is 18.2 Å². The number of ether oxygens (including phenoxy) is 1. The van der Waals surface area contributed by atoms with Crippen LogP contribution in [0.2, 0.25) is 18.1 Å². The summed E-state index contributed by atoms with van der Waals surface area (Å²) in [6.45, 7) is 13.8. The van der Waals surface area contributed by atoms with E-state index >= 15 is 0 Å². The Morgan fingerprint density at radius 3 is 2.65 bits per heavy atom. The second-order valence-corrected chi connectivity index (χ2v) is 19.4. The maximum Gasteiger partial charge on any atom is 0.312 e. The van der Waals surface area contributed by atoms with Crippen molar-refractivity contribution in [1.82, 2.24) is 0 Å². The number of carbonyl (C=O) groups is 1. The molecule has 0 aromatic heterocycles. The molecule has 1 saturated heterocycles. The van der Waals surface area contributed by atoms with Crippen molar-refractivity contribution in [2.45, 2.75) is 96.1 Å². The minimum absolute atomic E-state index is 0.00347. The van der Waals surface area contributed by atoms with Gasteiger partial charge in [0.1, 0.15) is 11.9 Å². The van der Waals surface area contributed by atoms with Crippen LogP contribution in [-0.2, 0) is 16.0 Å². The predicted octanol–water partition coefficient (Wildman–Crippen LogP) is 7.30. The van der Waals surface area contributed by atoms with E-state index in [4.69, 9.17) is 9.16 Å². The van der Waals surface area contributed by atoms with Crippen LogP contribution in [0.25, 0.3) is 0 Å². The summed E-state index contributed by atoms with van der Waals surface area (Å²) in [7, 11) is -1.90. The molecule has 40 heavy (non-hydrogen) atoms. The van der Waals surface area contributed by atoms with E-state index in [0.717, 1.165) is 37.9 Å². The van der Waals surface area contributed by atoms with E-state index in [0.29, 0.717) is 28.9 Å². The van der Waals surface area contributed by atoms with Crippen LogP contribution < -0.4 is 4.43 Å². The average Bonchev–Trinajstić information content (AvgIpc) is 3.39. The number of nitrogens with zero attached hydrogens (tertiary/aromatic N) is 1. The number of benzene rings is 2. The molecule has 2 aromatic carbocycles. The summed E-state index contributed by atoms with van der Waals surface area (Å²) < 4.78 is 12.8. The van der Waals surface area contributed by atoms with Gasteiger partial charge in [-0.3, -0.25) is 4.79 Å². The number of aliphatic hydroxyl groups excluding tert-OH is 1. The number of carbonyl (C=O) groups excluding carboxylic acids is 1. The lowest BCUT2D eigenvalue weighted by Gasteiger charge is -2.50. The summed E-state index contributed by atoms with van der Waals surface area (Å²) in [5, 5.41) is 20.9. The van der Waals surface area contributed by atoms with Crippen LogP contribution in [0.1, 0.15) is 87.7 Å². The predicted molar refractivity (Wildman–Crippen MR) is 157 cm³/mol. The number of nitriles is 1. The largest absolute Gasteiger partial charge is 0.543 e. The molecule has 1 heterocycles. The SMILES string of the molecule is CC(C)(C)[Si](C)(C)Oc1ccc2c(c1)CC[C@@H]1[C@@H]2CC[C@@]2(C)[C@H]1C[C@@H]1[C@@H](C(O)c3cccc(C#N)c3)C(=O)O[C@@H]12. The Morgan fingerprint density at radius 1 is 1.15 bits per heavy atom. The summed E-state index contributed by atoms with van der Waals surface area (Å²) in [4.78, 5) is 13.2. The van der Waals surface area contributed by atoms with Crippen molar-refractivity contribution >= 4 is 14.3 Å². The zero-order chi connectivity index (χ0) is 28.6. The number of esters is 1. The molecule has 5 nitrogen and oxygen atoms in total. The van der Waals surface area contributed by atoms with Gasteiger partial charge in [0.15, 0.2) is 0 Å². The molecule has 2 aromatic rings. The van der Waals surface area contributed by atoms with Crippen molar-refractivity contribution in [2.75, 3.05) is 0 Å². The molecule has 8 atom stereocenters. The van der Waals surface area contributed by atoms with Gasteiger partial charge in [-0.1, -0.05) is 45.9 Å². The van der Waals surface area contributed by atoms with Gasteiger partial charge in [0.05, 0.1) is 23.7 Å². The minimum atomic E-state index is -1.90. The molecule has 2 saturated carbocycles. The fraction of sp³-hybridized carbons (Fsp3) is 0.588. The first-order valence-corrected chi connectivity index (χ1v) is 18.0. The van der Waals surface area contributed by atoms with Crippen LogP contribution in [0.3, 0.4) is 0 Å². The highest BCUT2D eigenvalue weighted by Crippen LogP contribution is 2.66. The first kappa shape index (κ1) is 27.5. The zero-order valence-electron chi connectivity index (χ0n) is 24.7. The van der Waals surface area contributed by atoms with Gasteiger partial charge in [0.25, 0.3) is 0 Å². The highest BCUT2D eigenvalue weighted by atomic mass is 28.4. The number of hydrogen-bond acceptors (Lipinski definition) is 5. The summed E-state index contributed by atoms with van der Waals surface area (Å²) in [6.07, 6.45) is 4.14. The van der Waals surface area contributed by atoms with E-state index in [9.17, 15) is 15.2 Å². The number of aryl methyl sites for hydroxylation is 1. The first-order chi connectivity index (χ1) is 18.8. The van der Waals surface area contributed by atoms with Crippen molar-refractivity contribution in [3.05, 3.63) is 64.7 Å². The van der Waals surface area contributed by atoms with E-state index in [-0.39, 0.29) is 28.4 Å². The van der Waals surface area contributed by atoms with Crippen LogP contribution in [0, 0.1) is 40.4 Å². The molecule has 4 aliphatic rings. The molecule has 3 fully saturated rings. The van der Waals surface area contributed by atoms with Gasteiger partial charge in [-0.25, -0.2) is 0 Å². The van der Waals surface area contributed by atoms with Gasteiger partial charge in [-0.15, -0.1) is 0 Å². The van der Waals surface area contributed by atoms with Crippen molar-refractivity contribution in [3.8, 4) is 11.8 Å². The van der Waals surface area contributed by atoms with Crippen LogP contribution in [0.15, 0.2) is 42.5 Å². The minimum Gasteiger partial charge on any atom is -0.543 e. The van der Waals surface area contributed by atoms with Crippen LogP contribution in [0.4, 0.5) is 0 Å². The molecular formula is C34H43NO4Si. The molecule has 0 amide bonds. The van der Waals surface area contributed by atoms with E-state index < -0.39 is 20.3 Å². The van der Waals surface area contributed by atoms with Gasteiger partial charge >= 0.3 is 5.97 Å². The highest BCUT2D eigenvalue weighted by molar-refractivity contribution is 6.74. The summed E-state index contributed by atoms with van der Waals surface area (Å²) in [5.74, 6) is 1.70. The first-order valence-electron chi connectivity index (χ1n) is 15.0. The topological polar surface area (TPSA) is 79.5 Å². The van der Waals surface area contributed by atoms with Crippen molar-refractivity contribution in [2.24, 2.45) is 29.1 Å². The highest BCUT2D eigenvalue weighted by Gasteiger charge is 2.65. The Morgan fingerprint density at radius 2 is 1.93 bits per heavy atom. The summed E-state index contributed by atoms with van der Waals surface area (Å²) in [6, 6.07) is 16.0. The molecule has 0 radical (unpaired) electrons. The van der Waals surface area contributed by atoms with Crippen molar-refractivity contribution in [3.63, 3.8) is 0 Å². The number of hydrogen-bond donors (Lipinski definition) is 1. The molecule has 6 rings (SSSR count). The van der Waals surface area contributed by atoms with Gasteiger partial charge in [0, 0.05) is 11.3 Å².